The summed E-state index contributed by atoms with van der Waals surface area (Å²) in [6.07, 6.45) is -2.01. The molecule has 0 saturated heterocycles. The zero-order valence-corrected chi connectivity index (χ0v) is 7.51. The van der Waals surface area contributed by atoms with Crippen LogP contribution in [0.25, 0.3) is 0 Å². The predicted octanol–water partition coefficient (Wildman–Crippen LogP) is -0.457. The number of aliphatic hydroxyl groups excluding tert-OH is 1. The first-order valence-electron chi connectivity index (χ1n) is 4.90. The molecule has 82 valence electrons. The summed E-state index contributed by atoms with van der Waals surface area (Å²) >= 11 is 0. The zero-order valence-electron chi connectivity index (χ0n) is 9.51. The standard InChI is InChI=1S/C9H11NO5/c10-7(9(14)15)8(13)4-1-2-5(11)6(12)3-4/h1-3,7-8,11-13H,10H2,(H,14,15)/i1D,7D. The van der Waals surface area contributed by atoms with E-state index < -0.39 is 35.6 Å². The molecule has 2 atom stereocenters. The van der Waals surface area contributed by atoms with Crippen LogP contribution in [0, 0.1) is 0 Å². The third-order valence-electron chi connectivity index (χ3n) is 1.77. The second-order valence-electron chi connectivity index (χ2n) is 2.82. The number of hydrogen-bond acceptors (Lipinski definition) is 5. The molecule has 1 aromatic rings. The minimum absolute atomic E-state index is 0.361. The Labute approximate surface area is 88.0 Å². The van der Waals surface area contributed by atoms with Gasteiger partial charge < -0.3 is 26.2 Å². The highest BCUT2D eigenvalue weighted by Gasteiger charge is 2.24. The Balaban J connectivity index is 3.26. The number of carboxylic acid groups (broad SMARTS) is 1. The Morgan fingerprint density at radius 3 is 2.67 bits per heavy atom. The second kappa shape index (κ2) is 4.16. The van der Waals surface area contributed by atoms with Crippen LogP contribution >= 0.6 is 0 Å². The second-order valence-corrected chi connectivity index (χ2v) is 2.82. The summed E-state index contributed by atoms with van der Waals surface area (Å²) in [5.74, 6) is -3.01. The Morgan fingerprint density at radius 2 is 2.13 bits per heavy atom. The highest BCUT2D eigenvalue weighted by Crippen LogP contribution is 2.28. The van der Waals surface area contributed by atoms with Crippen molar-refractivity contribution in [3.63, 3.8) is 0 Å². The molecular weight excluding hydrogens is 202 g/mol. The Kier molecular flexibility index (Phi) is 2.36. The number of hydrogen-bond donors (Lipinski definition) is 5. The fraction of sp³-hybridized carbons (Fsp3) is 0.222. The number of aliphatic carboxylic acids is 1. The lowest BCUT2D eigenvalue weighted by Gasteiger charge is -2.15. The van der Waals surface area contributed by atoms with E-state index in [1.54, 1.807) is 0 Å². The van der Waals surface area contributed by atoms with Crippen molar-refractivity contribution in [1.29, 1.82) is 0 Å². The topological polar surface area (TPSA) is 124 Å². The van der Waals surface area contributed by atoms with Gasteiger partial charge in [0.2, 0.25) is 0 Å². The van der Waals surface area contributed by atoms with Gasteiger partial charge in [-0.05, 0) is 17.7 Å². The van der Waals surface area contributed by atoms with Gasteiger partial charge in [-0.15, -0.1) is 0 Å². The van der Waals surface area contributed by atoms with Gasteiger partial charge in [0.15, 0.2) is 11.5 Å². The summed E-state index contributed by atoms with van der Waals surface area (Å²) in [4.78, 5) is 10.7. The lowest BCUT2D eigenvalue weighted by atomic mass is 10.0. The van der Waals surface area contributed by atoms with Crippen LogP contribution in [0.4, 0.5) is 0 Å². The third-order valence-corrected chi connectivity index (χ3v) is 1.77. The van der Waals surface area contributed by atoms with Crippen LogP contribution in [0.15, 0.2) is 18.2 Å². The summed E-state index contributed by atoms with van der Waals surface area (Å²) in [5, 5.41) is 36.5. The molecule has 6 N–H and O–H groups in total. The number of phenolic OH excluding ortho intramolecular Hbond substituents is 2. The van der Waals surface area contributed by atoms with Crippen LogP contribution in [-0.4, -0.2) is 32.4 Å². The summed E-state index contributed by atoms with van der Waals surface area (Å²) in [5.41, 5.74) is 4.72. The summed E-state index contributed by atoms with van der Waals surface area (Å²) in [7, 11) is 0. The van der Waals surface area contributed by atoms with Crippen molar-refractivity contribution in [3.8, 4) is 11.5 Å². The molecule has 6 heteroatoms. The van der Waals surface area contributed by atoms with Crippen LogP contribution in [-0.2, 0) is 4.79 Å². The average Bonchev–Trinajstić information content (AvgIpc) is 2.22. The molecule has 6 nitrogen and oxygen atoms in total. The first-order chi connectivity index (χ1) is 7.67. The SMILES string of the molecule is [2H]c1cc(O)c(O)cc1C(O)C([2H])(N)C(=O)O. The Hall–Kier alpha value is -1.79. The minimum atomic E-state index is -2.75. The maximum atomic E-state index is 10.7. The van der Waals surface area contributed by atoms with Gasteiger partial charge in [-0.2, -0.15) is 0 Å². The van der Waals surface area contributed by atoms with E-state index in [2.05, 4.69) is 0 Å². The molecule has 0 amide bonds. The molecule has 0 aliphatic rings. The molecule has 0 heterocycles. The molecule has 0 aromatic heterocycles. The molecule has 0 saturated carbocycles. The molecule has 0 fully saturated rings. The number of carboxylic acids is 1. The largest absolute Gasteiger partial charge is 0.504 e. The molecule has 0 aliphatic carbocycles. The number of aliphatic hydroxyl groups is 1. The summed E-state index contributed by atoms with van der Waals surface area (Å²) < 4.78 is 14.6. The highest BCUT2D eigenvalue weighted by atomic mass is 16.4. The van der Waals surface area contributed by atoms with E-state index in [0.717, 1.165) is 12.1 Å². The average molecular weight is 215 g/mol. The number of benzene rings is 1. The Morgan fingerprint density at radius 1 is 1.53 bits per heavy atom. The monoisotopic (exact) mass is 215 g/mol. The van der Waals surface area contributed by atoms with Crippen LogP contribution in [0.3, 0.4) is 0 Å². The lowest BCUT2D eigenvalue weighted by molar-refractivity contribution is -0.141. The summed E-state index contributed by atoms with van der Waals surface area (Å²) in [6, 6.07) is -1.58. The van der Waals surface area contributed by atoms with Gasteiger partial charge >= 0.3 is 5.97 Å². The van der Waals surface area contributed by atoms with Gasteiger partial charge in [-0.3, -0.25) is 4.79 Å². The number of carbonyl (C=O) groups is 1. The number of nitrogens with two attached hydrogens (primary N) is 1. The van der Waals surface area contributed by atoms with E-state index >= 15 is 0 Å². The van der Waals surface area contributed by atoms with E-state index in [9.17, 15) is 15.0 Å². The third kappa shape index (κ3) is 2.36. The van der Waals surface area contributed by atoms with Crippen LogP contribution in [0.1, 0.15) is 14.4 Å². The van der Waals surface area contributed by atoms with E-state index in [1.165, 1.54) is 0 Å². The quantitative estimate of drug-likeness (QED) is 0.435. The molecule has 1 aromatic carbocycles. The van der Waals surface area contributed by atoms with Gasteiger partial charge in [-0.25, -0.2) is 0 Å². The van der Waals surface area contributed by atoms with Crippen molar-refractivity contribution in [2.75, 3.05) is 0 Å². The van der Waals surface area contributed by atoms with Crippen molar-refractivity contribution in [2.45, 2.75) is 12.1 Å². The van der Waals surface area contributed by atoms with E-state index in [0.29, 0.717) is 0 Å². The van der Waals surface area contributed by atoms with Gasteiger partial charge in [-0.1, -0.05) is 6.04 Å². The fourth-order valence-electron chi connectivity index (χ4n) is 0.931. The lowest BCUT2D eigenvalue weighted by Crippen LogP contribution is -2.36. The summed E-state index contributed by atoms with van der Waals surface area (Å²) in [6.45, 7) is 0. The van der Waals surface area contributed by atoms with Gasteiger partial charge in [0, 0.05) is 0 Å². The van der Waals surface area contributed by atoms with Crippen LogP contribution in [0.5, 0.6) is 11.5 Å². The maximum absolute atomic E-state index is 10.7. The number of phenols is 2. The van der Waals surface area contributed by atoms with E-state index in [-0.39, 0.29) is 5.56 Å². The van der Waals surface area contributed by atoms with Crippen molar-refractivity contribution >= 4 is 5.97 Å². The Bertz CT molecular complexity index is 463. The molecule has 1 rings (SSSR count). The normalized spacial score (nSPS) is 18.5. The van der Waals surface area contributed by atoms with Crippen LogP contribution in [0.2, 0.25) is 0 Å². The first kappa shape index (κ1) is 8.51. The van der Waals surface area contributed by atoms with E-state index in [4.69, 9.17) is 18.7 Å². The molecule has 15 heavy (non-hydrogen) atoms. The molecule has 0 spiro atoms. The van der Waals surface area contributed by atoms with Gasteiger partial charge in [0.05, 0.1) is 2.74 Å². The van der Waals surface area contributed by atoms with Gasteiger partial charge in [0.1, 0.15) is 12.1 Å². The molecule has 0 bridgehead atoms. The fourth-order valence-corrected chi connectivity index (χ4v) is 0.931. The highest BCUT2D eigenvalue weighted by molar-refractivity contribution is 5.74. The van der Waals surface area contributed by atoms with Crippen molar-refractivity contribution in [2.24, 2.45) is 5.73 Å². The van der Waals surface area contributed by atoms with Crippen molar-refractivity contribution < 1.29 is 28.0 Å². The molecule has 0 radical (unpaired) electrons. The smallest absolute Gasteiger partial charge is 0.323 e. The minimum Gasteiger partial charge on any atom is -0.504 e. The molecule has 0 aliphatic heterocycles. The predicted molar refractivity (Wildman–Crippen MR) is 50.3 cm³/mol. The van der Waals surface area contributed by atoms with Crippen LogP contribution < -0.4 is 5.73 Å². The van der Waals surface area contributed by atoms with Crippen molar-refractivity contribution in [3.05, 3.63) is 23.7 Å². The van der Waals surface area contributed by atoms with Gasteiger partial charge in [0.25, 0.3) is 0 Å². The van der Waals surface area contributed by atoms with E-state index in [1.807, 2.05) is 0 Å². The molecular formula is C9H11NO5. The van der Waals surface area contributed by atoms with Crippen molar-refractivity contribution in [1.82, 2.24) is 0 Å². The first-order valence-corrected chi connectivity index (χ1v) is 3.90. The number of aromatic hydroxyl groups is 2. The maximum Gasteiger partial charge on any atom is 0.323 e. The number of rotatable bonds is 3. The molecule has 2 unspecified atom stereocenters. The zero-order chi connectivity index (χ0) is 13.4.